The van der Waals surface area contributed by atoms with Crippen LogP contribution in [0.2, 0.25) is 0 Å². The van der Waals surface area contributed by atoms with Crippen molar-refractivity contribution in [3.8, 4) is 0 Å². The van der Waals surface area contributed by atoms with Crippen molar-refractivity contribution in [2.75, 3.05) is 11.1 Å². The van der Waals surface area contributed by atoms with E-state index in [1.807, 2.05) is 13.8 Å². The number of aromatic nitrogens is 2. The number of alkyl halides is 3. The van der Waals surface area contributed by atoms with Crippen molar-refractivity contribution in [3.05, 3.63) is 59.4 Å². The summed E-state index contributed by atoms with van der Waals surface area (Å²) in [5.41, 5.74) is 6.46. The molecule has 1 atom stereocenters. The Labute approximate surface area is 181 Å². The molecule has 0 bridgehead atoms. The first-order valence-electron chi connectivity index (χ1n) is 9.28. The number of nitrogen functional groups attached to an aromatic ring is 1. The van der Waals surface area contributed by atoms with Crippen LogP contribution in [0.1, 0.15) is 31.9 Å². The first kappa shape index (κ1) is 24.4. The highest BCUT2D eigenvalue weighted by Gasteiger charge is 2.45. The van der Waals surface area contributed by atoms with Crippen LogP contribution in [0.25, 0.3) is 5.57 Å². The van der Waals surface area contributed by atoms with Gasteiger partial charge in [0.1, 0.15) is 11.9 Å². The van der Waals surface area contributed by atoms with Crippen LogP contribution in [0.4, 0.5) is 33.1 Å². The molecule has 4 N–H and O–H groups in total. The number of hydrogen-bond acceptors (Lipinski definition) is 6. The quantitative estimate of drug-likeness (QED) is 0.486. The average molecular weight is 459 g/mol. The highest BCUT2D eigenvalue weighted by molar-refractivity contribution is 7.94. The molecule has 1 aromatic carbocycles. The number of allylic oxidation sites excluding steroid dienone is 1. The maximum Gasteiger partial charge on any atom is 0.412 e. The van der Waals surface area contributed by atoms with Gasteiger partial charge in [-0.25, -0.2) is 14.4 Å². The van der Waals surface area contributed by atoms with Crippen LogP contribution in [0.5, 0.6) is 0 Å². The zero-order valence-corrected chi connectivity index (χ0v) is 17.9. The van der Waals surface area contributed by atoms with Gasteiger partial charge in [0, 0.05) is 4.90 Å². The lowest BCUT2D eigenvalue weighted by Crippen LogP contribution is -2.44. The molecule has 0 spiro atoms. The van der Waals surface area contributed by atoms with Gasteiger partial charge in [0.05, 0.1) is 36.0 Å². The Morgan fingerprint density at radius 1 is 1.23 bits per heavy atom. The Hall–Kier alpha value is -2.82. The summed E-state index contributed by atoms with van der Waals surface area (Å²) in [5.74, 6) is -0.848. The van der Waals surface area contributed by atoms with Gasteiger partial charge in [-0.2, -0.15) is 17.1 Å². The van der Waals surface area contributed by atoms with Crippen LogP contribution in [-0.4, -0.2) is 22.2 Å². The molecule has 1 heterocycles. The first-order valence-corrected chi connectivity index (χ1v) is 9.99. The lowest BCUT2D eigenvalue weighted by molar-refractivity contribution is -0.145. The molecule has 5 nitrogen and oxygen atoms in total. The molecular weight excluding hydrogens is 437 g/mol. The molecule has 0 amide bonds. The summed E-state index contributed by atoms with van der Waals surface area (Å²) >= 11 is -0.194. The lowest BCUT2D eigenvalue weighted by Gasteiger charge is -2.26. The summed E-state index contributed by atoms with van der Waals surface area (Å²) < 4.78 is 68.4. The van der Waals surface area contributed by atoms with Crippen molar-refractivity contribution >= 4 is 29.4 Å². The third-order valence-corrected chi connectivity index (χ3v) is 5.00. The van der Waals surface area contributed by atoms with Gasteiger partial charge in [0.2, 0.25) is 5.95 Å². The van der Waals surface area contributed by atoms with E-state index in [0.717, 1.165) is 12.1 Å². The van der Waals surface area contributed by atoms with Gasteiger partial charge in [0.25, 0.3) is 0 Å². The Morgan fingerprint density at radius 3 is 2.39 bits per heavy atom. The molecule has 0 radical (unpaired) electrons. The van der Waals surface area contributed by atoms with E-state index in [9.17, 15) is 21.4 Å². The maximum absolute atomic E-state index is 13.8. The fourth-order valence-corrected chi connectivity index (χ4v) is 3.60. The Bertz CT molecular complexity index is 973. The molecular formula is C20H22F5N5S. The van der Waals surface area contributed by atoms with Gasteiger partial charge in [-0.05, 0) is 47.8 Å². The molecule has 1 aliphatic carbocycles. The molecule has 31 heavy (non-hydrogen) atoms. The van der Waals surface area contributed by atoms with Crippen molar-refractivity contribution in [1.29, 1.82) is 0 Å². The van der Waals surface area contributed by atoms with Crippen molar-refractivity contribution < 1.29 is 21.4 Å². The van der Waals surface area contributed by atoms with Crippen molar-refractivity contribution in [3.63, 3.8) is 0 Å². The normalized spacial score (nSPS) is 13.8. The van der Waals surface area contributed by atoms with E-state index in [0.29, 0.717) is 5.56 Å². The fourth-order valence-electron chi connectivity index (χ4n) is 3.17. The first-order chi connectivity index (χ1) is 14.6. The highest BCUT2D eigenvalue weighted by atomic mass is 32.2. The van der Waals surface area contributed by atoms with E-state index < -0.39 is 18.0 Å². The second-order valence-electron chi connectivity index (χ2n) is 6.39. The SMILES string of the molecule is C=C(Nc1cnc(N)nc1)N[C@@H](C1=C(C)c2cc(F)cc(SF)c2C1)C(F)(F)F.CC. The predicted molar refractivity (Wildman–Crippen MR) is 113 cm³/mol. The molecule has 11 heteroatoms. The Balaban J connectivity index is 0.00000166. The summed E-state index contributed by atoms with van der Waals surface area (Å²) in [7, 11) is 0. The molecule has 168 valence electrons. The second kappa shape index (κ2) is 9.99. The molecule has 1 aliphatic rings. The summed E-state index contributed by atoms with van der Waals surface area (Å²) in [6, 6.07) is -0.0221. The van der Waals surface area contributed by atoms with E-state index in [1.54, 1.807) is 0 Å². The van der Waals surface area contributed by atoms with E-state index in [2.05, 4.69) is 27.2 Å². The standard InChI is InChI=1S/C18H16F5N5S.C2H6/c1-8-12-3-10(19)4-15(29-23)14(12)5-13(8)16(18(20,21)22)28-9(2)27-11-6-25-17(24)26-7-11;1-2/h3-4,6-7,16,27-28H,2,5H2,1H3,(H2,24,25,26);1-2H3/t16-;/m0./s1. The maximum atomic E-state index is 13.8. The number of benzene rings is 1. The number of hydrogen-bond donors (Lipinski definition) is 3. The van der Waals surface area contributed by atoms with Gasteiger partial charge in [0.15, 0.2) is 0 Å². The van der Waals surface area contributed by atoms with Crippen LogP contribution < -0.4 is 16.4 Å². The van der Waals surface area contributed by atoms with Gasteiger partial charge < -0.3 is 16.4 Å². The number of anilines is 2. The van der Waals surface area contributed by atoms with E-state index in [4.69, 9.17) is 5.73 Å². The molecule has 0 fully saturated rings. The highest BCUT2D eigenvalue weighted by Crippen LogP contribution is 2.43. The van der Waals surface area contributed by atoms with E-state index >= 15 is 0 Å². The van der Waals surface area contributed by atoms with Crippen molar-refractivity contribution in [1.82, 2.24) is 15.3 Å². The minimum atomic E-state index is -4.68. The molecule has 0 aliphatic heterocycles. The van der Waals surface area contributed by atoms with Crippen molar-refractivity contribution in [2.24, 2.45) is 0 Å². The van der Waals surface area contributed by atoms with Crippen molar-refractivity contribution in [2.45, 2.75) is 44.3 Å². The Kier molecular flexibility index (Phi) is 7.88. The number of nitrogens with zero attached hydrogens (tertiary/aromatic N) is 2. The van der Waals surface area contributed by atoms with Crippen LogP contribution in [0, 0.1) is 5.82 Å². The number of fused-ring (bicyclic) bond motifs is 1. The molecule has 2 aromatic rings. The molecule has 0 unspecified atom stereocenters. The van der Waals surface area contributed by atoms with E-state index in [-0.39, 0.29) is 57.6 Å². The second-order valence-corrected chi connectivity index (χ2v) is 6.98. The molecule has 3 rings (SSSR count). The van der Waals surface area contributed by atoms with Crippen LogP contribution in [0.3, 0.4) is 0 Å². The summed E-state index contributed by atoms with van der Waals surface area (Å²) in [4.78, 5) is 7.43. The average Bonchev–Trinajstić information content (AvgIpc) is 3.04. The Morgan fingerprint density at radius 2 is 1.84 bits per heavy atom. The van der Waals surface area contributed by atoms with Gasteiger partial charge in [-0.1, -0.05) is 20.4 Å². The molecule has 0 saturated carbocycles. The largest absolute Gasteiger partial charge is 0.412 e. The minimum absolute atomic E-state index is 0.0144. The molecule has 1 aromatic heterocycles. The monoisotopic (exact) mass is 459 g/mol. The zero-order chi connectivity index (χ0) is 23.3. The van der Waals surface area contributed by atoms with Crippen LogP contribution in [-0.2, 0) is 6.42 Å². The topological polar surface area (TPSA) is 75.9 Å². The number of halogens is 5. The smallest absolute Gasteiger partial charge is 0.368 e. The van der Waals surface area contributed by atoms with Gasteiger partial charge >= 0.3 is 6.18 Å². The van der Waals surface area contributed by atoms with Crippen LogP contribution in [0.15, 0.2) is 47.4 Å². The number of nitrogens with two attached hydrogens (primary N) is 1. The predicted octanol–water partition coefficient (Wildman–Crippen LogP) is 5.63. The summed E-state index contributed by atoms with van der Waals surface area (Å²) in [5, 5.41) is 4.94. The minimum Gasteiger partial charge on any atom is -0.368 e. The third-order valence-electron chi connectivity index (χ3n) is 4.47. The molecule has 0 saturated heterocycles. The summed E-state index contributed by atoms with van der Waals surface area (Å²) in [6.07, 6.45) is -2.26. The lowest BCUT2D eigenvalue weighted by atomic mass is 10.0. The number of nitrogens with one attached hydrogen (secondary N) is 2. The fraction of sp³-hybridized carbons (Fsp3) is 0.300. The van der Waals surface area contributed by atoms with E-state index in [1.165, 1.54) is 19.3 Å². The zero-order valence-electron chi connectivity index (χ0n) is 17.1. The van der Waals surface area contributed by atoms with Gasteiger partial charge in [-0.3, -0.25) is 0 Å². The van der Waals surface area contributed by atoms with Crippen LogP contribution >= 0.6 is 12.1 Å². The number of rotatable bonds is 6. The van der Waals surface area contributed by atoms with Gasteiger partial charge in [-0.15, -0.1) is 0 Å². The third kappa shape index (κ3) is 5.66. The summed E-state index contributed by atoms with van der Waals surface area (Å²) in [6.45, 7) is 9.02.